The topological polar surface area (TPSA) is 50.7 Å². The highest BCUT2D eigenvalue weighted by molar-refractivity contribution is 5.30. The molecule has 0 aliphatic carbocycles. The van der Waals surface area contributed by atoms with Crippen LogP contribution in [0.1, 0.15) is 56.1 Å². The Balaban J connectivity index is 2.02. The Hall–Kier alpha value is -1.97. The summed E-state index contributed by atoms with van der Waals surface area (Å²) in [5.41, 5.74) is 4.60. The molecule has 0 spiro atoms. The van der Waals surface area contributed by atoms with Crippen molar-refractivity contribution >= 4 is 5.95 Å². The maximum atomic E-state index is 4.54. The van der Waals surface area contributed by atoms with E-state index in [-0.39, 0.29) is 0 Å². The first-order valence-electron chi connectivity index (χ1n) is 7.69. The Morgan fingerprint density at radius 1 is 0.952 bits per heavy atom. The average Bonchev–Trinajstić information content (AvgIpc) is 2.52. The van der Waals surface area contributed by atoms with Gasteiger partial charge in [0.05, 0.1) is 11.4 Å². The number of hydrogen-bond acceptors (Lipinski definition) is 4. The highest BCUT2D eigenvalue weighted by Crippen LogP contribution is 2.15. The van der Waals surface area contributed by atoms with Crippen molar-refractivity contribution in [1.82, 2.24) is 15.2 Å². The second kappa shape index (κ2) is 7.16. The van der Waals surface area contributed by atoms with Crippen molar-refractivity contribution < 1.29 is 0 Å². The van der Waals surface area contributed by atoms with Gasteiger partial charge in [0.25, 0.3) is 0 Å². The van der Waals surface area contributed by atoms with Crippen LogP contribution in [0.4, 0.5) is 5.95 Å². The lowest BCUT2D eigenvalue weighted by Crippen LogP contribution is -2.09. The largest absolute Gasteiger partial charge is 0.349 e. The zero-order valence-electron chi connectivity index (χ0n) is 13.3. The van der Waals surface area contributed by atoms with E-state index in [1.807, 2.05) is 0 Å². The molecule has 21 heavy (non-hydrogen) atoms. The van der Waals surface area contributed by atoms with Crippen LogP contribution in [0.2, 0.25) is 0 Å². The number of nitrogens with zero attached hydrogens (tertiary/aromatic N) is 3. The lowest BCUT2D eigenvalue weighted by molar-refractivity contribution is 0.819. The van der Waals surface area contributed by atoms with Crippen LogP contribution in [-0.2, 0) is 19.4 Å². The minimum absolute atomic E-state index is 0.563. The minimum Gasteiger partial charge on any atom is -0.349 e. The molecule has 1 N–H and O–H groups in total. The van der Waals surface area contributed by atoms with E-state index in [9.17, 15) is 0 Å². The molecule has 4 nitrogen and oxygen atoms in total. The van der Waals surface area contributed by atoms with Crippen LogP contribution in [0.25, 0.3) is 0 Å². The van der Waals surface area contributed by atoms with E-state index in [1.165, 1.54) is 11.1 Å². The summed E-state index contributed by atoms with van der Waals surface area (Å²) >= 11 is 0. The van der Waals surface area contributed by atoms with Gasteiger partial charge in [0.2, 0.25) is 5.95 Å². The quantitative estimate of drug-likeness (QED) is 0.878. The van der Waals surface area contributed by atoms with Crippen LogP contribution in [0.5, 0.6) is 0 Å². The number of rotatable bonds is 6. The molecule has 0 atom stereocenters. The molecule has 0 amide bonds. The monoisotopic (exact) mass is 284 g/mol. The van der Waals surface area contributed by atoms with Crippen molar-refractivity contribution in [2.45, 2.75) is 53.0 Å². The van der Waals surface area contributed by atoms with Crippen molar-refractivity contribution in [1.29, 1.82) is 0 Å². The Bertz CT molecular complexity index is 576. The molecule has 0 aliphatic heterocycles. The number of hydrogen-bond donors (Lipinski definition) is 1. The summed E-state index contributed by atoms with van der Waals surface area (Å²) in [6.07, 6.45) is 1.76. The lowest BCUT2D eigenvalue weighted by Gasteiger charge is -2.09. The molecule has 0 saturated heterocycles. The molecule has 0 radical (unpaired) electrons. The smallest absolute Gasteiger partial charge is 0.243 e. The molecule has 4 heteroatoms. The molecular weight excluding hydrogens is 260 g/mol. The van der Waals surface area contributed by atoms with Crippen molar-refractivity contribution in [3.05, 3.63) is 46.8 Å². The van der Waals surface area contributed by atoms with E-state index in [0.717, 1.165) is 24.2 Å². The van der Waals surface area contributed by atoms with Gasteiger partial charge in [0.15, 0.2) is 0 Å². The second-order valence-electron chi connectivity index (χ2n) is 5.49. The van der Waals surface area contributed by atoms with Crippen LogP contribution in [0, 0.1) is 0 Å². The predicted octanol–water partition coefficient (Wildman–Crippen LogP) is 3.73. The summed E-state index contributed by atoms with van der Waals surface area (Å²) in [6, 6.07) is 8.66. The van der Waals surface area contributed by atoms with E-state index >= 15 is 0 Å². The molecule has 2 rings (SSSR count). The molecule has 0 fully saturated rings. The van der Waals surface area contributed by atoms with Crippen LogP contribution in [0.15, 0.2) is 24.3 Å². The molecule has 2 aromatic rings. The first kappa shape index (κ1) is 15.4. The zero-order valence-corrected chi connectivity index (χ0v) is 13.3. The van der Waals surface area contributed by atoms with Gasteiger partial charge in [-0.05, 0) is 29.9 Å². The molecule has 1 aromatic carbocycles. The SMILES string of the molecule is CCc1nnc(NCc2ccc(C(C)C)cc2)nc1CC. The second-order valence-corrected chi connectivity index (χ2v) is 5.49. The fraction of sp³-hybridized carbons (Fsp3) is 0.471. The fourth-order valence-electron chi connectivity index (χ4n) is 2.21. The van der Waals surface area contributed by atoms with Gasteiger partial charge in [0.1, 0.15) is 0 Å². The number of aryl methyl sites for hydroxylation is 2. The minimum atomic E-state index is 0.563. The van der Waals surface area contributed by atoms with Crippen molar-refractivity contribution in [3.8, 4) is 0 Å². The molecule has 0 saturated carbocycles. The standard InChI is InChI=1S/C17H24N4/c1-5-15-16(6-2)20-21-17(19-15)18-11-13-7-9-14(10-8-13)12(3)4/h7-10,12H,5-6,11H2,1-4H3,(H,18,19,21). The number of aromatic nitrogens is 3. The Labute approximate surface area is 127 Å². The summed E-state index contributed by atoms with van der Waals surface area (Å²) in [4.78, 5) is 4.54. The fourth-order valence-corrected chi connectivity index (χ4v) is 2.21. The lowest BCUT2D eigenvalue weighted by atomic mass is 10.0. The van der Waals surface area contributed by atoms with Gasteiger partial charge in [-0.3, -0.25) is 0 Å². The van der Waals surface area contributed by atoms with Crippen molar-refractivity contribution in [2.75, 3.05) is 5.32 Å². The molecule has 112 valence electrons. The maximum Gasteiger partial charge on any atom is 0.243 e. The molecule has 1 heterocycles. The van der Waals surface area contributed by atoms with Crippen molar-refractivity contribution in [3.63, 3.8) is 0 Å². The highest BCUT2D eigenvalue weighted by atomic mass is 15.2. The van der Waals surface area contributed by atoms with Crippen molar-refractivity contribution in [2.24, 2.45) is 0 Å². The molecular formula is C17H24N4. The van der Waals surface area contributed by atoms with Gasteiger partial charge in [-0.15, -0.1) is 5.10 Å². The van der Waals surface area contributed by atoms with Crippen LogP contribution in [-0.4, -0.2) is 15.2 Å². The van der Waals surface area contributed by atoms with E-state index in [1.54, 1.807) is 0 Å². The molecule has 1 aromatic heterocycles. The summed E-state index contributed by atoms with van der Waals surface area (Å²) in [5.74, 6) is 1.17. The number of nitrogens with one attached hydrogen (secondary N) is 1. The normalized spacial score (nSPS) is 10.9. The third-order valence-electron chi connectivity index (χ3n) is 3.61. The third kappa shape index (κ3) is 4.00. The van der Waals surface area contributed by atoms with E-state index in [2.05, 4.69) is 72.5 Å². The van der Waals surface area contributed by atoms with Crippen LogP contribution < -0.4 is 5.32 Å². The van der Waals surface area contributed by atoms with Gasteiger partial charge < -0.3 is 5.32 Å². The van der Waals surface area contributed by atoms with Gasteiger partial charge in [-0.2, -0.15) is 5.10 Å². The summed E-state index contributed by atoms with van der Waals surface area (Å²) in [7, 11) is 0. The Morgan fingerprint density at radius 2 is 1.62 bits per heavy atom. The first-order valence-corrected chi connectivity index (χ1v) is 7.69. The van der Waals surface area contributed by atoms with Gasteiger partial charge in [-0.1, -0.05) is 52.0 Å². The molecule has 0 bridgehead atoms. The van der Waals surface area contributed by atoms with Crippen LogP contribution >= 0.6 is 0 Å². The van der Waals surface area contributed by atoms with Crippen LogP contribution in [0.3, 0.4) is 0 Å². The third-order valence-corrected chi connectivity index (χ3v) is 3.61. The summed E-state index contributed by atoms with van der Waals surface area (Å²) in [5, 5.41) is 11.6. The molecule has 0 unspecified atom stereocenters. The number of benzene rings is 1. The van der Waals surface area contributed by atoms with E-state index < -0.39 is 0 Å². The summed E-state index contributed by atoms with van der Waals surface area (Å²) < 4.78 is 0. The number of anilines is 1. The first-order chi connectivity index (χ1) is 10.1. The van der Waals surface area contributed by atoms with E-state index in [4.69, 9.17) is 0 Å². The van der Waals surface area contributed by atoms with Gasteiger partial charge in [-0.25, -0.2) is 4.98 Å². The average molecular weight is 284 g/mol. The van der Waals surface area contributed by atoms with Gasteiger partial charge in [0, 0.05) is 6.54 Å². The van der Waals surface area contributed by atoms with Gasteiger partial charge >= 0.3 is 0 Å². The zero-order chi connectivity index (χ0) is 15.2. The maximum absolute atomic E-state index is 4.54. The Morgan fingerprint density at radius 3 is 2.19 bits per heavy atom. The van der Waals surface area contributed by atoms with E-state index in [0.29, 0.717) is 18.4 Å². The highest BCUT2D eigenvalue weighted by Gasteiger charge is 2.06. The molecule has 0 aliphatic rings. The Kier molecular flexibility index (Phi) is 5.26. The summed E-state index contributed by atoms with van der Waals surface area (Å²) in [6.45, 7) is 9.29. The predicted molar refractivity (Wildman–Crippen MR) is 86.4 cm³/mol.